The standard InChI is InChI=1S/C7H6N4O2/c8-5-3-9-6-4(7(12)13)1-2-10-11(5)6/h1-3H,8H2,(H,12,13). The minimum Gasteiger partial charge on any atom is -0.478 e. The van der Waals surface area contributed by atoms with Gasteiger partial charge >= 0.3 is 5.97 Å². The first kappa shape index (κ1) is 7.53. The van der Waals surface area contributed by atoms with Crippen LogP contribution in [-0.4, -0.2) is 25.7 Å². The van der Waals surface area contributed by atoms with Crippen LogP contribution in [0.3, 0.4) is 0 Å². The van der Waals surface area contributed by atoms with Gasteiger partial charge in [0.25, 0.3) is 0 Å². The van der Waals surface area contributed by atoms with Gasteiger partial charge in [-0.2, -0.15) is 9.61 Å². The molecular formula is C7H6N4O2. The van der Waals surface area contributed by atoms with Crippen molar-refractivity contribution >= 4 is 17.4 Å². The van der Waals surface area contributed by atoms with Gasteiger partial charge in [-0.05, 0) is 6.07 Å². The molecule has 0 atom stereocenters. The van der Waals surface area contributed by atoms with E-state index in [1.165, 1.54) is 23.0 Å². The predicted molar refractivity (Wildman–Crippen MR) is 44.4 cm³/mol. The first-order valence-corrected chi connectivity index (χ1v) is 3.51. The number of carboxylic acids is 1. The average molecular weight is 178 g/mol. The number of carboxylic acid groups (broad SMARTS) is 1. The van der Waals surface area contributed by atoms with Gasteiger partial charge < -0.3 is 10.8 Å². The molecule has 13 heavy (non-hydrogen) atoms. The monoisotopic (exact) mass is 178 g/mol. The maximum Gasteiger partial charge on any atom is 0.339 e. The first-order valence-electron chi connectivity index (χ1n) is 3.51. The summed E-state index contributed by atoms with van der Waals surface area (Å²) in [5.41, 5.74) is 5.84. The number of aromatic carboxylic acids is 1. The summed E-state index contributed by atoms with van der Waals surface area (Å²) in [4.78, 5) is 14.5. The number of rotatable bonds is 1. The smallest absolute Gasteiger partial charge is 0.339 e. The van der Waals surface area contributed by atoms with E-state index in [9.17, 15) is 4.79 Å². The van der Waals surface area contributed by atoms with Gasteiger partial charge in [0.05, 0.1) is 6.20 Å². The van der Waals surface area contributed by atoms with Crippen LogP contribution in [0.2, 0.25) is 0 Å². The number of anilines is 1. The van der Waals surface area contributed by atoms with Crippen LogP contribution < -0.4 is 5.73 Å². The van der Waals surface area contributed by atoms with Crippen molar-refractivity contribution in [3.8, 4) is 0 Å². The number of imidazole rings is 1. The zero-order valence-corrected chi connectivity index (χ0v) is 6.51. The van der Waals surface area contributed by atoms with Gasteiger partial charge in [-0.15, -0.1) is 0 Å². The van der Waals surface area contributed by atoms with Crippen molar-refractivity contribution in [1.82, 2.24) is 14.6 Å². The second-order valence-corrected chi connectivity index (χ2v) is 2.47. The lowest BCUT2D eigenvalue weighted by atomic mass is 10.3. The summed E-state index contributed by atoms with van der Waals surface area (Å²) in [6.45, 7) is 0. The van der Waals surface area contributed by atoms with Crippen LogP contribution in [0.4, 0.5) is 5.82 Å². The lowest BCUT2D eigenvalue weighted by Crippen LogP contribution is -2.04. The minimum absolute atomic E-state index is 0.0895. The molecule has 0 amide bonds. The molecule has 0 aliphatic carbocycles. The van der Waals surface area contributed by atoms with Gasteiger partial charge in [-0.3, -0.25) is 0 Å². The molecule has 2 aromatic rings. The van der Waals surface area contributed by atoms with E-state index in [0.717, 1.165) is 0 Å². The predicted octanol–water partition coefficient (Wildman–Crippen LogP) is 0.00970. The number of nitrogen functional groups attached to an aromatic ring is 1. The number of nitrogens with two attached hydrogens (primary N) is 1. The molecule has 0 saturated heterocycles. The molecule has 3 N–H and O–H groups in total. The second kappa shape index (κ2) is 2.44. The molecule has 0 aliphatic heterocycles. The fourth-order valence-corrected chi connectivity index (χ4v) is 1.08. The van der Waals surface area contributed by atoms with Gasteiger partial charge in [0, 0.05) is 6.20 Å². The molecule has 0 bridgehead atoms. The van der Waals surface area contributed by atoms with E-state index in [0.29, 0.717) is 5.82 Å². The third-order valence-electron chi connectivity index (χ3n) is 1.66. The maximum absolute atomic E-state index is 10.7. The van der Waals surface area contributed by atoms with E-state index in [1.807, 2.05) is 0 Å². The van der Waals surface area contributed by atoms with E-state index in [-0.39, 0.29) is 11.2 Å². The molecule has 66 valence electrons. The Morgan fingerprint density at radius 1 is 1.62 bits per heavy atom. The Balaban J connectivity index is 2.84. The summed E-state index contributed by atoms with van der Waals surface area (Å²) in [6.07, 6.45) is 2.74. The molecule has 2 rings (SSSR count). The van der Waals surface area contributed by atoms with E-state index in [2.05, 4.69) is 10.1 Å². The SMILES string of the molecule is Nc1cnc2c(C(=O)O)ccnn12. The van der Waals surface area contributed by atoms with Crippen molar-refractivity contribution in [3.05, 3.63) is 24.0 Å². The fourth-order valence-electron chi connectivity index (χ4n) is 1.08. The van der Waals surface area contributed by atoms with Crippen molar-refractivity contribution in [2.24, 2.45) is 0 Å². The Morgan fingerprint density at radius 3 is 3.08 bits per heavy atom. The summed E-state index contributed by atoms with van der Waals surface area (Å²) in [5.74, 6) is -0.726. The third-order valence-corrected chi connectivity index (χ3v) is 1.66. The Kier molecular flexibility index (Phi) is 1.42. The van der Waals surface area contributed by atoms with E-state index in [4.69, 9.17) is 10.8 Å². The molecule has 0 unspecified atom stereocenters. The van der Waals surface area contributed by atoms with E-state index < -0.39 is 5.97 Å². The van der Waals surface area contributed by atoms with Gasteiger partial charge in [0.2, 0.25) is 0 Å². The zero-order valence-electron chi connectivity index (χ0n) is 6.51. The van der Waals surface area contributed by atoms with Crippen LogP contribution in [0.5, 0.6) is 0 Å². The van der Waals surface area contributed by atoms with Gasteiger partial charge in [-0.25, -0.2) is 9.78 Å². The number of aromatic nitrogens is 3. The average Bonchev–Trinajstić information content (AvgIpc) is 2.48. The lowest BCUT2D eigenvalue weighted by molar-refractivity contribution is 0.0698. The summed E-state index contributed by atoms with van der Waals surface area (Å²) >= 11 is 0. The van der Waals surface area contributed by atoms with Crippen molar-refractivity contribution in [2.45, 2.75) is 0 Å². The van der Waals surface area contributed by atoms with Crippen molar-refractivity contribution in [1.29, 1.82) is 0 Å². The molecule has 6 heteroatoms. The van der Waals surface area contributed by atoms with Crippen LogP contribution in [0.25, 0.3) is 5.65 Å². The Labute approximate surface area is 72.6 Å². The third kappa shape index (κ3) is 0.994. The van der Waals surface area contributed by atoms with Crippen molar-refractivity contribution in [2.75, 3.05) is 5.73 Å². The van der Waals surface area contributed by atoms with Crippen LogP contribution in [0.1, 0.15) is 10.4 Å². The van der Waals surface area contributed by atoms with Crippen LogP contribution >= 0.6 is 0 Å². The molecule has 2 heterocycles. The summed E-state index contributed by atoms with van der Waals surface area (Å²) in [7, 11) is 0. The normalized spacial score (nSPS) is 10.5. The molecule has 0 saturated carbocycles. The van der Waals surface area contributed by atoms with Crippen LogP contribution in [0, 0.1) is 0 Å². The highest BCUT2D eigenvalue weighted by molar-refractivity contribution is 5.94. The first-order chi connectivity index (χ1) is 6.20. The highest BCUT2D eigenvalue weighted by Crippen LogP contribution is 2.10. The number of nitrogens with zero attached hydrogens (tertiary/aromatic N) is 3. The van der Waals surface area contributed by atoms with Crippen molar-refractivity contribution < 1.29 is 9.90 Å². The van der Waals surface area contributed by atoms with Gasteiger partial charge in [0.1, 0.15) is 11.4 Å². The Hall–Kier alpha value is -2.11. The lowest BCUT2D eigenvalue weighted by Gasteiger charge is -1.96. The highest BCUT2D eigenvalue weighted by Gasteiger charge is 2.11. The zero-order chi connectivity index (χ0) is 9.42. The van der Waals surface area contributed by atoms with Gasteiger partial charge in [0.15, 0.2) is 5.65 Å². The molecule has 0 aromatic carbocycles. The number of hydrogen-bond donors (Lipinski definition) is 2. The quantitative estimate of drug-likeness (QED) is 0.641. The highest BCUT2D eigenvalue weighted by atomic mass is 16.4. The summed E-state index contributed by atoms with van der Waals surface area (Å²) in [5, 5.41) is 12.6. The Bertz CT molecular complexity index is 476. The number of fused-ring (bicyclic) bond motifs is 1. The maximum atomic E-state index is 10.7. The van der Waals surface area contributed by atoms with Gasteiger partial charge in [-0.1, -0.05) is 0 Å². The molecule has 6 nitrogen and oxygen atoms in total. The topological polar surface area (TPSA) is 93.5 Å². The number of hydrogen-bond acceptors (Lipinski definition) is 4. The molecule has 0 spiro atoms. The van der Waals surface area contributed by atoms with Crippen molar-refractivity contribution in [3.63, 3.8) is 0 Å². The molecule has 0 fully saturated rings. The molecule has 0 aliphatic rings. The molecule has 2 aromatic heterocycles. The molecular weight excluding hydrogens is 172 g/mol. The summed E-state index contributed by atoms with van der Waals surface area (Å²) < 4.78 is 1.28. The summed E-state index contributed by atoms with van der Waals surface area (Å²) in [6, 6.07) is 1.38. The van der Waals surface area contributed by atoms with Crippen LogP contribution in [-0.2, 0) is 0 Å². The number of carbonyl (C=O) groups is 1. The van der Waals surface area contributed by atoms with Crippen LogP contribution in [0.15, 0.2) is 18.5 Å². The van der Waals surface area contributed by atoms with E-state index >= 15 is 0 Å². The minimum atomic E-state index is -1.04. The Morgan fingerprint density at radius 2 is 2.38 bits per heavy atom. The largest absolute Gasteiger partial charge is 0.478 e. The van der Waals surface area contributed by atoms with E-state index in [1.54, 1.807) is 0 Å². The fraction of sp³-hybridized carbons (Fsp3) is 0. The molecule has 0 radical (unpaired) electrons. The second-order valence-electron chi connectivity index (χ2n) is 2.47.